The predicted octanol–water partition coefficient (Wildman–Crippen LogP) is 1.70. The first-order valence-electron chi connectivity index (χ1n) is 11.3. The summed E-state index contributed by atoms with van der Waals surface area (Å²) in [6, 6.07) is 17.4. The van der Waals surface area contributed by atoms with E-state index in [4.69, 9.17) is 0 Å². The molecular weight excluding hydrogens is 426 g/mol. The lowest BCUT2D eigenvalue weighted by atomic mass is 9.92. The number of nitrogens with one attached hydrogen (secondary N) is 2. The van der Waals surface area contributed by atoms with Crippen LogP contribution in [-0.4, -0.2) is 66.0 Å². The van der Waals surface area contributed by atoms with Crippen molar-refractivity contribution in [2.24, 2.45) is 5.92 Å². The second-order valence-corrected chi connectivity index (χ2v) is 8.78. The summed E-state index contributed by atoms with van der Waals surface area (Å²) in [5, 5.41) is 27.7. The monoisotopic (exact) mass is 459 g/mol. The summed E-state index contributed by atoms with van der Waals surface area (Å²) in [6.45, 7) is 4.27. The van der Waals surface area contributed by atoms with Gasteiger partial charge in [-0.15, -0.1) is 12.4 Å². The van der Waals surface area contributed by atoms with E-state index in [0.717, 1.165) is 42.9 Å². The van der Waals surface area contributed by atoms with E-state index in [0.29, 0.717) is 25.8 Å². The molecule has 1 fully saturated rings. The molecule has 4 N–H and O–H groups in total. The van der Waals surface area contributed by atoms with Crippen LogP contribution >= 0.6 is 12.4 Å². The minimum Gasteiger partial charge on any atom is -0.392 e. The molecule has 0 spiro atoms. The van der Waals surface area contributed by atoms with Crippen LogP contribution in [-0.2, 0) is 17.6 Å². The minimum atomic E-state index is -0.621. The maximum Gasteiger partial charge on any atom is 0.224 e. The SMILES string of the molecule is Cl.O=C(NC1c2ccccc2CC1O)C(Cc1ccccc1)CC(O)CN1CCNCC1. The Bertz CT molecular complexity index is 861. The smallest absolute Gasteiger partial charge is 0.224 e. The summed E-state index contributed by atoms with van der Waals surface area (Å²) in [5.74, 6) is -0.468. The van der Waals surface area contributed by atoms with Gasteiger partial charge in [0.05, 0.1) is 18.2 Å². The molecule has 0 saturated carbocycles. The molecule has 32 heavy (non-hydrogen) atoms. The van der Waals surface area contributed by atoms with Crippen molar-refractivity contribution >= 4 is 18.3 Å². The molecule has 6 nitrogen and oxygen atoms in total. The standard InChI is InChI=1S/C25H33N3O3.ClH/c29-21(17-28-12-10-26-11-13-28)15-20(14-18-6-2-1-3-7-18)25(31)27-24-22-9-5-4-8-19(22)16-23(24)30;/h1-9,20-21,23-24,26,29-30H,10-17H2,(H,27,31);1H. The van der Waals surface area contributed by atoms with Crippen LogP contribution in [0.5, 0.6) is 0 Å². The predicted molar refractivity (Wildman–Crippen MR) is 128 cm³/mol. The van der Waals surface area contributed by atoms with Crippen molar-refractivity contribution in [2.75, 3.05) is 32.7 Å². The summed E-state index contributed by atoms with van der Waals surface area (Å²) in [6.07, 6.45) is 0.323. The number of nitrogens with zero attached hydrogens (tertiary/aromatic N) is 1. The Kier molecular flexibility index (Phi) is 9.08. The number of carbonyl (C=O) groups is 1. The van der Waals surface area contributed by atoms with Crippen LogP contribution in [0, 0.1) is 5.92 Å². The Morgan fingerprint density at radius 3 is 2.53 bits per heavy atom. The van der Waals surface area contributed by atoms with Gasteiger partial charge >= 0.3 is 0 Å². The highest BCUT2D eigenvalue weighted by Gasteiger charge is 2.34. The fraction of sp³-hybridized carbons (Fsp3) is 0.480. The minimum absolute atomic E-state index is 0. The highest BCUT2D eigenvalue weighted by atomic mass is 35.5. The zero-order chi connectivity index (χ0) is 21.6. The Labute approximate surface area is 196 Å². The number of rotatable bonds is 8. The number of β-amino-alcohol motifs (C(OH)–C–C–N with tert-alkyl or cyclic N) is 1. The number of hydrogen-bond donors (Lipinski definition) is 4. The summed E-state index contributed by atoms with van der Waals surface area (Å²) >= 11 is 0. The normalized spacial score (nSPS) is 22.4. The third-order valence-corrected chi connectivity index (χ3v) is 6.43. The number of aliphatic hydroxyl groups excluding tert-OH is 2. The van der Waals surface area contributed by atoms with E-state index >= 15 is 0 Å². The van der Waals surface area contributed by atoms with Crippen LogP contribution in [0.25, 0.3) is 0 Å². The van der Waals surface area contributed by atoms with Crippen LogP contribution in [0.15, 0.2) is 54.6 Å². The fourth-order valence-electron chi connectivity index (χ4n) is 4.80. The van der Waals surface area contributed by atoms with Gasteiger partial charge in [0, 0.05) is 45.1 Å². The van der Waals surface area contributed by atoms with Crippen molar-refractivity contribution in [2.45, 2.75) is 37.5 Å². The van der Waals surface area contributed by atoms with Crippen LogP contribution < -0.4 is 10.6 Å². The Balaban J connectivity index is 0.00000289. The van der Waals surface area contributed by atoms with E-state index in [1.54, 1.807) is 0 Å². The molecule has 1 aliphatic carbocycles. The largest absolute Gasteiger partial charge is 0.392 e. The van der Waals surface area contributed by atoms with Crippen molar-refractivity contribution in [1.82, 2.24) is 15.5 Å². The molecule has 2 aromatic rings. The second-order valence-electron chi connectivity index (χ2n) is 8.78. The lowest BCUT2D eigenvalue weighted by molar-refractivity contribution is -0.127. The van der Waals surface area contributed by atoms with Crippen LogP contribution in [0.3, 0.4) is 0 Å². The number of carbonyl (C=O) groups excluding carboxylic acids is 1. The van der Waals surface area contributed by atoms with Crippen LogP contribution in [0.4, 0.5) is 0 Å². The van der Waals surface area contributed by atoms with Crippen molar-refractivity contribution in [1.29, 1.82) is 0 Å². The number of amides is 1. The maximum atomic E-state index is 13.3. The molecule has 1 amide bonds. The van der Waals surface area contributed by atoms with Crippen molar-refractivity contribution in [3.05, 3.63) is 71.3 Å². The van der Waals surface area contributed by atoms with E-state index in [9.17, 15) is 15.0 Å². The molecule has 0 aromatic heterocycles. The van der Waals surface area contributed by atoms with Crippen molar-refractivity contribution < 1.29 is 15.0 Å². The molecule has 4 atom stereocenters. The van der Waals surface area contributed by atoms with Gasteiger partial charge in [0.25, 0.3) is 0 Å². The van der Waals surface area contributed by atoms with Gasteiger partial charge in [-0.05, 0) is 29.5 Å². The summed E-state index contributed by atoms with van der Waals surface area (Å²) in [5.41, 5.74) is 3.14. The molecule has 1 aliphatic heterocycles. The molecule has 174 valence electrons. The zero-order valence-electron chi connectivity index (χ0n) is 18.3. The lowest BCUT2D eigenvalue weighted by Gasteiger charge is -2.30. The van der Waals surface area contributed by atoms with Crippen molar-refractivity contribution in [3.8, 4) is 0 Å². The third-order valence-electron chi connectivity index (χ3n) is 6.43. The summed E-state index contributed by atoms with van der Waals surface area (Å²) in [7, 11) is 0. The van der Waals surface area contributed by atoms with E-state index in [2.05, 4.69) is 15.5 Å². The highest BCUT2D eigenvalue weighted by Crippen LogP contribution is 2.32. The number of hydrogen-bond acceptors (Lipinski definition) is 5. The Morgan fingerprint density at radius 1 is 1.09 bits per heavy atom. The Morgan fingerprint density at radius 2 is 1.78 bits per heavy atom. The molecule has 7 heteroatoms. The van der Waals surface area contributed by atoms with Gasteiger partial charge < -0.3 is 20.8 Å². The Hall–Kier alpha value is -1.96. The van der Waals surface area contributed by atoms with E-state index in [-0.39, 0.29) is 24.2 Å². The average Bonchev–Trinajstić information content (AvgIpc) is 3.09. The van der Waals surface area contributed by atoms with Crippen molar-refractivity contribution in [3.63, 3.8) is 0 Å². The topological polar surface area (TPSA) is 84.8 Å². The zero-order valence-corrected chi connectivity index (χ0v) is 19.1. The first-order valence-corrected chi connectivity index (χ1v) is 11.3. The number of benzene rings is 2. The molecule has 0 radical (unpaired) electrons. The van der Waals surface area contributed by atoms with Gasteiger partial charge in [0.15, 0.2) is 0 Å². The molecular formula is C25H34ClN3O3. The van der Waals surface area contributed by atoms with Gasteiger partial charge in [-0.1, -0.05) is 54.6 Å². The summed E-state index contributed by atoms with van der Waals surface area (Å²) < 4.78 is 0. The van der Waals surface area contributed by atoms with Gasteiger partial charge in [0.2, 0.25) is 5.91 Å². The van der Waals surface area contributed by atoms with Crippen LogP contribution in [0.2, 0.25) is 0 Å². The number of halogens is 1. The first-order chi connectivity index (χ1) is 15.1. The fourth-order valence-corrected chi connectivity index (χ4v) is 4.80. The van der Waals surface area contributed by atoms with E-state index < -0.39 is 18.2 Å². The quantitative estimate of drug-likeness (QED) is 0.483. The molecule has 2 aromatic carbocycles. The second kappa shape index (κ2) is 11.8. The lowest BCUT2D eigenvalue weighted by Crippen LogP contribution is -2.47. The van der Waals surface area contributed by atoms with Gasteiger partial charge in [-0.3, -0.25) is 9.69 Å². The van der Waals surface area contributed by atoms with E-state index in [1.165, 1.54) is 0 Å². The molecule has 0 bridgehead atoms. The van der Waals surface area contributed by atoms with Gasteiger partial charge in [-0.25, -0.2) is 0 Å². The van der Waals surface area contributed by atoms with Gasteiger partial charge in [-0.2, -0.15) is 0 Å². The summed E-state index contributed by atoms with van der Waals surface area (Å²) in [4.78, 5) is 15.6. The highest BCUT2D eigenvalue weighted by molar-refractivity contribution is 5.85. The van der Waals surface area contributed by atoms with Gasteiger partial charge in [0.1, 0.15) is 0 Å². The maximum absolute atomic E-state index is 13.3. The molecule has 4 rings (SSSR count). The average molecular weight is 460 g/mol. The molecule has 1 heterocycles. The van der Waals surface area contributed by atoms with E-state index in [1.807, 2.05) is 54.6 Å². The number of piperazine rings is 1. The molecule has 2 aliphatic rings. The number of fused-ring (bicyclic) bond motifs is 1. The molecule has 1 saturated heterocycles. The first kappa shape index (κ1) is 24.7. The number of aliphatic hydroxyl groups is 2. The third kappa shape index (κ3) is 6.30. The van der Waals surface area contributed by atoms with Crippen LogP contribution in [0.1, 0.15) is 29.2 Å². The molecule has 4 unspecified atom stereocenters.